The first-order valence-corrected chi connectivity index (χ1v) is 7.20. The lowest BCUT2D eigenvalue weighted by molar-refractivity contribution is -0.122. The molecular weight excluding hydrogens is 292 g/mol. The molecule has 2 unspecified atom stereocenters. The van der Waals surface area contributed by atoms with Crippen molar-refractivity contribution in [3.8, 4) is 0 Å². The quantitative estimate of drug-likeness (QED) is 0.897. The average Bonchev–Trinajstić information content (AvgIpc) is 2.81. The molecule has 98 valence electrons. The lowest BCUT2D eigenvalue weighted by Crippen LogP contribution is -2.28. The fourth-order valence-electron chi connectivity index (χ4n) is 2.31. The molecule has 1 aliphatic heterocycles. The molecule has 1 aliphatic rings. The Morgan fingerprint density at radius 1 is 1.61 bits per heavy atom. The van der Waals surface area contributed by atoms with Gasteiger partial charge in [0.2, 0.25) is 5.91 Å². The Hall–Kier alpha value is -0.870. The number of carbonyl (C=O) groups excluding carboxylic acids is 1. The molecule has 0 saturated carbocycles. The van der Waals surface area contributed by atoms with Gasteiger partial charge in [0.1, 0.15) is 0 Å². The van der Waals surface area contributed by atoms with Crippen molar-refractivity contribution in [1.82, 2.24) is 10.6 Å². The molecule has 1 fully saturated rings. The standard InChI is InChI=1S/C14H19BrN2O/c1-10(12-3-2-4-13(15)8-12)17-14(18)7-11-5-6-16-9-11/h2-4,8,10-11,16H,5-7,9H2,1H3,(H,17,18). The lowest BCUT2D eigenvalue weighted by Gasteiger charge is -2.16. The minimum Gasteiger partial charge on any atom is -0.350 e. The van der Waals surface area contributed by atoms with Gasteiger partial charge in [-0.15, -0.1) is 0 Å². The van der Waals surface area contributed by atoms with Crippen molar-refractivity contribution in [2.45, 2.75) is 25.8 Å². The molecule has 1 aromatic rings. The second kappa shape index (κ2) is 6.34. The predicted octanol–water partition coefficient (Wildman–Crippen LogP) is 2.63. The van der Waals surface area contributed by atoms with Gasteiger partial charge >= 0.3 is 0 Å². The largest absolute Gasteiger partial charge is 0.350 e. The van der Waals surface area contributed by atoms with Crippen LogP contribution in [0.4, 0.5) is 0 Å². The van der Waals surface area contributed by atoms with Crippen LogP contribution in [-0.4, -0.2) is 19.0 Å². The molecule has 2 rings (SSSR count). The van der Waals surface area contributed by atoms with Crippen LogP contribution >= 0.6 is 15.9 Å². The summed E-state index contributed by atoms with van der Waals surface area (Å²) in [6.45, 7) is 4.03. The van der Waals surface area contributed by atoms with E-state index in [1.54, 1.807) is 0 Å². The zero-order valence-electron chi connectivity index (χ0n) is 10.6. The van der Waals surface area contributed by atoms with Gasteiger partial charge in [-0.1, -0.05) is 28.1 Å². The van der Waals surface area contributed by atoms with E-state index in [2.05, 4.69) is 26.6 Å². The van der Waals surface area contributed by atoms with Crippen molar-refractivity contribution in [1.29, 1.82) is 0 Å². The maximum Gasteiger partial charge on any atom is 0.220 e. The zero-order chi connectivity index (χ0) is 13.0. The molecule has 0 bridgehead atoms. The number of amides is 1. The minimum atomic E-state index is 0.0596. The van der Waals surface area contributed by atoms with E-state index in [1.165, 1.54) is 0 Å². The van der Waals surface area contributed by atoms with E-state index in [0.29, 0.717) is 12.3 Å². The molecule has 3 nitrogen and oxygen atoms in total. The summed E-state index contributed by atoms with van der Waals surface area (Å²) in [4.78, 5) is 11.9. The number of halogens is 1. The third-order valence-electron chi connectivity index (χ3n) is 3.36. The van der Waals surface area contributed by atoms with Crippen molar-refractivity contribution in [2.75, 3.05) is 13.1 Å². The molecule has 0 aliphatic carbocycles. The molecule has 0 aromatic heterocycles. The van der Waals surface area contributed by atoms with E-state index in [1.807, 2.05) is 31.2 Å². The second-order valence-corrected chi connectivity index (χ2v) is 5.82. The molecule has 0 radical (unpaired) electrons. The van der Waals surface area contributed by atoms with Gasteiger partial charge in [-0.25, -0.2) is 0 Å². The molecule has 1 aromatic carbocycles. The lowest BCUT2D eigenvalue weighted by atomic mass is 10.0. The first-order valence-electron chi connectivity index (χ1n) is 6.40. The summed E-state index contributed by atoms with van der Waals surface area (Å²) >= 11 is 3.45. The van der Waals surface area contributed by atoms with Gasteiger partial charge in [0.15, 0.2) is 0 Å². The highest BCUT2D eigenvalue weighted by molar-refractivity contribution is 9.10. The van der Waals surface area contributed by atoms with Gasteiger partial charge in [0.25, 0.3) is 0 Å². The van der Waals surface area contributed by atoms with E-state index in [4.69, 9.17) is 0 Å². The summed E-state index contributed by atoms with van der Waals surface area (Å²) in [5, 5.41) is 6.35. The van der Waals surface area contributed by atoms with Crippen LogP contribution in [0.25, 0.3) is 0 Å². The van der Waals surface area contributed by atoms with Gasteiger partial charge in [-0.2, -0.15) is 0 Å². The molecule has 1 saturated heterocycles. The third kappa shape index (κ3) is 3.82. The Morgan fingerprint density at radius 2 is 2.44 bits per heavy atom. The maximum absolute atomic E-state index is 11.9. The van der Waals surface area contributed by atoms with Crippen molar-refractivity contribution >= 4 is 21.8 Å². The van der Waals surface area contributed by atoms with Crippen molar-refractivity contribution in [3.63, 3.8) is 0 Å². The van der Waals surface area contributed by atoms with Crippen LogP contribution in [0.5, 0.6) is 0 Å². The van der Waals surface area contributed by atoms with E-state index >= 15 is 0 Å². The number of hydrogen-bond acceptors (Lipinski definition) is 2. The number of benzene rings is 1. The summed E-state index contributed by atoms with van der Waals surface area (Å²) in [5.41, 5.74) is 1.13. The summed E-state index contributed by atoms with van der Waals surface area (Å²) in [6.07, 6.45) is 1.74. The second-order valence-electron chi connectivity index (χ2n) is 4.91. The predicted molar refractivity (Wildman–Crippen MR) is 76.3 cm³/mol. The Morgan fingerprint density at radius 3 is 3.11 bits per heavy atom. The third-order valence-corrected chi connectivity index (χ3v) is 3.86. The molecule has 2 atom stereocenters. The summed E-state index contributed by atoms with van der Waals surface area (Å²) in [5.74, 6) is 0.649. The van der Waals surface area contributed by atoms with Gasteiger partial charge in [-0.05, 0) is 50.0 Å². The van der Waals surface area contributed by atoms with E-state index in [-0.39, 0.29) is 11.9 Å². The minimum absolute atomic E-state index is 0.0596. The van der Waals surface area contributed by atoms with Crippen LogP contribution in [0.3, 0.4) is 0 Å². The average molecular weight is 311 g/mol. The van der Waals surface area contributed by atoms with Crippen LogP contribution < -0.4 is 10.6 Å². The van der Waals surface area contributed by atoms with Gasteiger partial charge in [0.05, 0.1) is 6.04 Å². The Bertz CT molecular complexity index is 416. The summed E-state index contributed by atoms with van der Waals surface area (Å²) < 4.78 is 1.04. The first kappa shape index (κ1) is 13.6. The van der Waals surface area contributed by atoms with E-state index in [9.17, 15) is 4.79 Å². The van der Waals surface area contributed by atoms with Crippen molar-refractivity contribution < 1.29 is 4.79 Å². The molecule has 0 spiro atoms. The smallest absolute Gasteiger partial charge is 0.220 e. The fraction of sp³-hybridized carbons (Fsp3) is 0.500. The topological polar surface area (TPSA) is 41.1 Å². The van der Waals surface area contributed by atoms with Gasteiger partial charge < -0.3 is 10.6 Å². The molecule has 18 heavy (non-hydrogen) atoms. The normalized spacial score (nSPS) is 20.7. The highest BCUT2D eigenvalue weighted by Crippen LogP contribution is 2.19. The molecule has 4 heteroatoms. The van der Waals surface area contributed by atoms with Crippen LogP contribution in [0.1, 0.15) is 31.4 Å². The van der Waals surface area contributed by atoms with Crippen LogP contribution in [-0.2, 0) is 4.79 Å². The molecule has 2 N–H and O–H groups in total. The summed E-state index contributed by atoms with van der Waals surface area (Å²) in [6, 6.07) is 8.12. The zero-order valence-corrected chi connectivity index (χ0v) is 12.2. The highest BCUT2D eigenvalue weighted by Gasteiger charge is 2.19. The molecule has 1 amide bonds. The monoisotopic (exact) mass is 310 g/mol. The fourth-order valence-corrected chi connectivity index (χ4v) is 2.73. The van der Waals surface area contributed by atoms with Crippen LogP contribution in [0.2, 0.25) is 0 Å². The molecule has 1 heterocycles. The van der Waals surface area contributed by atoms with E-state index < -0.39 is 0 Å². The van der Waals surface area contributed by atoms with Crippen molar-refractivity contribution in [2.24, 2.45) is 5.92 Å². The Labute approximate surface area is 116 Å². The number of carbonyl (C=O) groups is 1. The highest BCUT2D eigenvalue weighted by atomic mass is 79.9. The Kier molecular flexibility index (Phi) is 4.78. The SMILES string of the molecule is CC(NC(=O)CC1CCNC1)c1cccc(Br)c1. The maximum atomic E-state index is 11.9. The van der Waals surface area contributed by atoms with Gasteiger partial charge in [0, 0.05) is 10.9 Å². The van der Waals surface area contributed by atoms with E-state index in [0.717, 1.165) is 29.5 Å². The van der Waals surface area contributed by atoms with Gasteiger partial charge in [-0.3, -0.25) is 4.79 Å². The molecular formula is C14H19BrN2O. The summed E-state index contributed by atoms with van der Waals surface area (Å²) in [7, 11) is 0. The number of nitrogens with one attached hydrogen (secondary N) is 2. The Balaban J connectivity index is 1.86. The number of hydrogen-bond donors (Lipinski definition) is 2. The van der Waals surface area contributed by atoms with Crippen LogP contribution in [0, 0.1) is 5.92 Å². The van der Waals surface area contributed by atoms with Crippen LogP contribution in [0.15, 0.2) is 28.7 Å². The first-order chi connectivity index (χ1) is 8.65. The van der Waals surface area contributed by atoms with Crippen molar-refractivity contribution in [3.05, 3.63) is 34.3 Å². The number of rotatable bonds is 4.